The summed E-state index contributed by atoms with van der Waals surface area (Å²) in [5, 5.41) is 2.95. The zero-order valence-corrected chi connectivity index (χ0v) is 12.9. The van der Waals surface area contributed by atoms with E-state index in [0.717, 1.165) is 12.8 Å². The second kappa shape index (κ2) is 6.47. The van der Waals surface area contributed by atoms with Gasteiger partial charge in [-0.15, -0.1) is 0 Å². The fourth-order valence-electron chi connectivity index (χ4n) is 3.30. The summed E-state index contributed by atoms with van der Waals surface area (Å²) < 4.78 is 21.9. The minimum Gasteiger partial charge on any atom is -0.443 e. The average molecular weight is 321 g/mol. The highest BCUT2D eigenvalue weighted by atomic mass is 16.7. The number of benzene rings is 1. The van der Waals surface area contributed by atoms with Gasteiger partial charge in [0.25, 0.3) is 0 Å². The molecule has 0 bridgehead atoms. The summed E-state index contributed by atoms with van der Waals surface area (Å²) in [5.41, 5.74) is 1.17. The third-order valence-electron chi connectivity index (χ3n) is 4.65. The number of rotatable bonds is 5. The largest absolute Gasteiger partial charge is 0.443 e. The Morgan fingerprint density at radius 3 is 2.87 bits per heavy atom. The fraction of sp³-hybridized carbons (Fsp3) is 0.588. The van der Waals surface area contributed by atoms with Crippen LogP contribution in [0.4, 0.5) is 4.79 Å². The summed E-state index contributed by atoms with van der Waals surface area (Å²) in [6, 6.07) is 10.0. The number of amides is 1. The second-order valence-corrected chi connectivity index (χ2v) is 6.28. The average Bonchev–Trinajstić information content (AvgIpc) is 3.18. The lowest BCUT2D eigenvalue weighted by Crippen LogP contribution is -2.43. The van der Waals surface area contributed by atoms with E-state index in [9.17, 15) is 4.79 Å². The van der Waals surface area contributed by atoms with Crippen LogP contribution in [-0.2, 0) is 25.4 Å². The van der Waals surface area contributed by atoms with Gasteiger partial charge in [0, 0.05) is 1.43 Å². The summed E-state index contributed by atoms with van der Waals surface area (Å²) in [7, 11) is 0. The molecule has 0 spiro atoms. The van der Waals surface area contributed by atoms with Crippen molar-refractivity contribution in [2.75, 3.05) is 19.8 Å². The van der Waals surface area contributed by atoms with Crippen molar-refractivity contribution in [1.29, 1.82) is 0 Å². The monoisotopic (exact) mass is 321 g/mol. The van der Waals surface area contributed by atoms with Crippen LogP contribution in [0.1, 0.15) is 13.4 Å². The molecule has 3 aliphatic rings. The van der Waals surface area contributed by atoms with E-state index in [0.29, 0.717) is 19.8 Å². The van der Waals surface area contributed by atoms with Gasteiger partial charge >= 0.3 is 6.09 Å². The molecule has 5 unspecified atom stereocenters. The molecule has 1 aromatic rings. The van der Waals surface area contributed by atoms with Crippen LogP contribution in [0.2, 0.25) is 0 Å². The number of nitrogens with one attached hydrogen (secondary N) is 1. The van der Waals surface area contributed by atoms with Gasteiger partial charge in [-0.1, -0.05) is 30.3 Å². The van der Waals surface area contributed by atoms with E-state index in [1.165, 1.54) is 5.56 Å². The van der Waals surface area contributed by atoms with Crippen molar-refractivity contribution in [3.63, 3.8) is 0 Å². The molecule has 5 atom stereocenters. The van der Waals surface area contributed by atoms with Crippen molar-refractivity contribution in [3.05, 3.63) is 35.9 Å². The molecule has 3 fully saturated rings. The molecular weight excluding hydrogens is 298 g/mol. The molecule has 6 heteroatoms. The third-order valence-corrected chi connectivity index (χ3v) is 4.65. The Bertz CT molecular complexity index is 553. The number of carbonyl (C=O) groups is 1. The van der Waals surface area contributed by atoms with Crippen LogP contribution < -0.4 is 5.32 Å². The number of fused-ring (bicyclic) bond motifs is 1. The van der Waals surface area contributed by atoms with Crippen LogP contribution in [-0.4, -0.2) is 50.5 Å². The lowest BCUT2D eigenvalue weighted by atomic mass is 10.0. The van der Waals surface area contributed by atoms with Gasteiger partial charge in [-0.2, -0.15) is 0 Å². The van der Waals surface area contributed by atoms with E-state index < -0.39 is 6.09 Å². The first-order valence-electron chi connectivity index (χ1n) is 8.15. The molecule has 6 nitrogen and oxygen atoms in total. The fourth-order valence-corrected chi connectivity index (χ4v) is 3.30. The third kappa shape index (κ3) is 3.49. The molecule has 0 aromatic heterocycles. The number of carbonyl (C=O) groups excluding carboxylic acids is 1. The van der Waals surface area contributed by atoms with Crippen LogP contribution in [0, 0.1) is 5.92 Å². The quantitative estimate of drug-likeness (QED) is 0.837. The number of alkyl carbamates (subject to hydrolysis) is 1. The van der Waals surface area contributed by atoms with Crippen LogP contribution in [0.25, 0.3) is 0 Å². The summed E-state index contributed by atoms with van der Waals surface area (Å²) in [4.78, 5) is 12.2. The Labute approximate surface area is 136 Å². The normalized spacial score (nSPS) is 33.0. The maximum Gasteiger partial charge on any atom is 0.407 e. The van der Waals surface area contributed by atoms with Crippen LogP contribution in [0.15, 0.2) is 30.3 Å². The first-order valence-corrected chi connectivity index (χ1v) is 8.15. The molecule has 3 heterocycles. The number of epoxide rings is 1. The van der Waals surface area contributed by atoms with Crippen molar-refractivity contribution in [3.8, 4) is 0 Å². The Balaban J connectivity index is 0.00000169. The van der Waals surface area contributed by atoms with Gasteiger partial charge in [0.05, 0.1) is 31.8 Å². The number of hydrogen-bond donors (Lipinski definition) is 1. The van der Waals surface area contributed by atoms with Gasteiger partial charge < -0.3 is 24.3 Å². The Hall–Kier alpha value is -1.63. The zero-order valence-electron chi connectivity index (χ0n) is 12.9. The maximum atomic E-state index is 12.2. The summed E-state index contributed by atoms with van der Waals surface area (Å²) >= 11 is 0. The lowest BCUT2D eigenvalue weighted by Gasteiger charge is -2.20. The van der Waals surface area contributed by atoms with E-state index in [1.807, 2.05) is 30.3 Å². The Kier molecular flexibility index (Phi) is 4.20. The maximum absolute atomic E-state index is 12.2. The first kappa shape index (κ1) is 14.9. The minimum atomic E-state index is -0.400. The topological polar surface area (TPSA) is 69.3 Å². The number of ether oxygens (including phenoxy) is 4. The van der Waals surface area contributed by atoms with Gasteiger partial charge in [0.15, 0.2) is 6.29 Å². The molecule has 126 valence electrons. The summed E-state index contributed by atoms with van der Waals surface area (Å²) in [6.45, 7) is 1.76. The molecule has 4 rings (SSSR count). The van der Waals surface area contributed by atoms with Crippen molar-refractivity contribution in [2.45, 2.75) is 37.4 Å². The highest BCUT2D eigenvalue weighted by molar-refractivity contribution is 5.68. The zero-order chi connectivity index (χ0) is 15.6. The van der Waals surface area contributed by atoms with E-state index >= 15 is 0 Å². The number of hydrogen-bond acceptors (Lipinski definition) is 5. The van der Waals surface area contributed by atoms with Crippen LogP contribution in [0.5, 0.6) is 0 Å². The van der Waals surface area contributed by atoms with E-state index in [1.54, 1.807) is 0 Å². The van der Waals surface area contributed by atoms with Gasteiger partial charge in [-0.25, -0.2) is 4.79 Å². The molecule has 0 saturated carbocycles. The Morgan fingerprint density at radius 2 is 2.09 bits per heavy atom. The van der Waals surface area contributed by atoms with Crippen LogP contribution in [0.3, 0.4) is 0 Å². The molecule has 1 amide bonds. The van der Waals surface area contributed by atoms with E-state index in [2.05, 4.69) is 5.32 Å². The van der Waals surface area contributed by atoms with Crippen molar-refractivity contribution in [2.24, 2.45) is 5.92 Å². The molecule has 1 aromatic carbocycles. The van der Waals surface area contributed by atoms with Gasteiger partial charge in [0.1, 0.15) is 12.2 Å². The smallest absolute Gasteiger partial charge is 0.407 e. The highest BCUT2D eigenvalue weighted by Crippen LogP contribution is 2.33. The van der Waals surface area contributed by atoms with Crippen LogP contribution >= 0.6 is 0 Å². The molecule has 3 saturated heterocycles. The Morgan fingerprint density at radius 1 is 1.26 bits per heavy atom. The summed E-state index contributed by atoms with van der Waals surface area (Å²) in [5.74, 6) is 0.158. The molecule has 23 heavy (non-hydrogen) atoms. The molecule has 1 N–H and O–H groups in total. The van der Waals surface area contributed by atoms with E-state index in [-0.39, 0.29) is 31.9 Å². The van der Waals surface area contributed by atoms with Crippen molar-refractivity contribution in [1.82, 2.24) is 5.32 Å². The first-order chi connectivity index (χ1) is 11.3. The van der Waals surface area contributed by atoms with Crippen molar-refractivity contribution < 1.29 is 25.2 Å². The van der Waals surface area contributed by atoms with Gasteiger partial charge in [-0.05, 0) is 18.4 Å². The van der Waals surface area contributed by atoms with Gasteiger partial charge in [-0.3, -0.25) is 0 Å². The SMILES string of the molecule is O=C(NC(Cc1ccccc1)C1CO1)OC1COC2OCCC12.[HH]. The molecule has 3 aliphatic heterocycles. The van der Waals surface area contributed by atoms with E-state index in [4.69, 9.17) is 18.9 Å². The lowest BCUT2D eigenvalue weighted by molar-refractivity contribution is -0.0907. The molecule has 0 aliphatic carbocycles. The van der Waals surface area contributed by atoms with Gasteiger partial charge in [0.2, 0.25) is 0 Å². The predicted molar refractivity (Wildman–Crippen MR) is 83.0 cm³/mol. The summed E-state index contributed by atoms with van der Waals surface area (Å²) in [6.07, 6.45) is 0.853. The van der Waals surface area contributed by atoms with Crippen molar-refractivity contribution >= 4 is 6.09 Å². The minimum absolute atomic E-state index is 0. The standard InChI is InChI=1S/C17H21NO5.H2/c19-17(23-14-9-22-16-12(14)6-7-20-16)18-13(15-10-21-15)8-11-4-2-1-3-5-11;/h1-5,12-16H,6-10H2,(H,18,19);1H. The molecule has 0 radical (unpaired) electrons. The highest BCUT2D eigenvalue weighted by Gasteiger charge is 2.44. The predicted octanol–water partition coefficient (Wildman–Crippen LogP) is 1.73. The second-order valence-electron chi connectivity index (χ2n) is 6.28. The molecular formula is C17H23NO5.